The van der Waals surface area contributed by atoms with Gasteiger partial charge in [0, 0.05) is 19.0 Å². The van der Waals surface area contributed by atoms with Crippen molar-refractivity contribution in [1.82, 2.24) is 4.90 Å². The van der Waals surface area contributed by atoms with Gasteiger partial charge in [-0.2, -0.15) is 0 Å². The van der Waals surface area contributed by atoms with Crippen LogP contribution in [0.25, 0.3) is 0 Å². The molecule has 1 rings (SSSR count). The summed E-state index contributed by atoms with van der Waals surface area (Å²) in [6.45, 7) is 7.62. The van der Waals surface area contributed by atoms with Gasteiger partial charge in [0.25, 0.3) is 5.91 Å². The minimum atomic E-state index is -1.04. The van der Waals surface area contributed by atoms with Gasteiger partial charge in [0.15, 0.2) is 11.0 Å². The van der Waals surface area contributed by atoms with Crippen molar-refractivity contribution in [3.8, 4) is 5.75 Å². The summed E-state index contributed by atoms with van der Waals surface area (Å²) < 4.78 is 5.54. The molecule has 20 heavy (non-hydrogen) atoms. The van der Waals surface area contributed by atoms with Crippen LogP contribution in [0.5, 0.6) is 5.75 Å². The Balaban J connectivity index is 3.08. The summed E-state index contributed by atoms with van der Waals surface area (Å²) >= 11 is 1.19. The van der Waals surface area contributed by atoms with Crippen molar-refractivity contribution in [3.63, 3.8) is 0 Å². The number of thiophene rings is 1. The molecule has 0 spiro atoms. The molecule has 0 aliphatic heterocycles. The Morgan fingerprint density at radius 1 is 1.35 bits per heavy atom. The highest BCUT2D eigenvalue weighted by molar-refractivity contribution is 7.14. The Hall–Kier alpha value is -1.56. The number of hydrogen-bond donors (Lipinski definition) is 1. The van der Waals surface area contributed by atoms with E-state index in [9.17, 15) is 14.7 Å². The topological polar surface area (TPSA) is 66.8 Å². The number of rotatable bonds is 4. The molecule has 1 N–H and O–H groups in total. The van der Waals surface area contributed by atoms with Gasteiger partial charge in [-0.25, -0.2) is 4.79 Å². The van der Waals surface area contributed by atoms with Gasteiger partial charge in [0.1, 0.15) is 5.75 Å². The third-order valence-corrected chi connectivity index (χ3v) is 4.25. The molecule has 1 aromatic heterocycles. The molecule has 0 aliphatic carbocycles. The maximum atomic E-state index is 11.8. The lowest BCUT2D eigenvalue weighted by Gasteiger charge is -2.18. The smallest absolute Gasteiger partial charge is 0.349 e. The summed E-state index contributed by atoms with van der Waals surface area (Å²) in [6, 6.07) is 1.72. The van der Waals surface area contributed by atoms with Crippen LogP contribution in [0.4, 0.5) is 0 Å². The number of amides is 1. The Bertz CT molecular complexity index is 514. The zero-order valence-corrected chi connectivity index (χ0v) is 13.5. The number of ether oxygens (including phenoxy) is 1. The van der Waals surface area contributed by atoms with E-state index in [4.69, 9.17) is 4.74 Å². The largest absolute Gasteiger partial charge is 0.479 e. The van der Waals surface area contributed by atoms with Gasteiger partial charge >= 0.3 is 5.97 Å². The molecule has 112 valence electrons. The molecule has 1 atom stereocenters. The molecule has 1 aromatic rings. The van der Waals surface area contributed by atoms with Gasteiger partial charge in [0.2, 0.25) is 0 Å². The minimum Gasteiger partial charge on any atom is -0.479 e. The SMILES string of the molecule is CC(Oc1cc(C(C)(C)C)sc1C(=O)O)C(=O)N(C)C. The molecule has 6 heteroatoms. The molecule has 0 bridgehead atoms. The molecular weight excluding hydrogens is 278 g/mol. The predicted octanol–water partition coefficient (Wildman–Crippen LogP) is 2.60. The first-order chi connectivity index (χ1) is 9.04. The van der Waals surface area contributed by atoms with E-state index in [0.717, 1.165) is 4.88 Å². The van der Waals surface area contributed by atoms with E-state index in [1.54, 1.807) is 27.1 Å². The Morgan fingerprint density at radius 3 is 2.30 bits per heavy atom. The fraction of sp³-hybridized carbons (Fsp3) is 0.571. The summed E-state index contributed by atoms with van der Waals surface area (Å²) in [5.74, 6) is -0.982. The van der Waals surface area contributed by atoms with Crippen LogP contribution in [0, 0.1) is 0 Å². The fourth-order valence-electron chi connectivity index (χ4n) is 1.58. The Morgan fingerprint density at radius 2 is 1.90 bits per heavy atom. The molecular formula is C14H21NO4S. The van der Waals surface area contributed by atoms with Gasteiger partial charge in [-0.05, 0) is 18.4 Å². The van der Waals surface area contributed by atoms with E-state index in [2.05, 4.69) is 0 Å². The van der Waals surface area contributed by atoms with Crippen molar-refractivity contribution in [2.24, 2.45) is 0 Å². The van der Waals surface area contributed by atoms with Gasteiger partial charge < -0.3 is 14.7 Å². The lowest BCUT2D eigenvalue weighted by atomic mass is 9.95. The third-order valence-electron chi connectivity index (χ3n) is 2.72. The second-order valence-corrected chi connectivity index (χ2v) is 6.90. The lowest BCUT2D eigenvalue weighted by molar-refractivity contribution is -0.135. The number of carbonyl (C=O) groups is 2. The van der Waals surface area contributed by atoms with Crippen molar-refractivity contribution in [2.45, 2.75) is 39.2 Å². The molecule has 1 amide bonds. The average molecular weight is 299 g/mol. The van der Waals surface area contributed by atoms with Crippen molar-refractivity contribution in [3.05, 3.63) is 15.8 Å². The fourth-order valence-corrected chi connectivity index (χ4v) is 2.57. The number of carbonyl (C=O) groups excluding carboxylic acids is 1. The number of likely N-dealkylation sites (N-methyl/N-ethyl adjacent to an activating group) is 1. The van der Waals surface area contributed by atoms with Crippen molar-refractivity contribution in [1.29, 1.82) is 0 Å². The molecule has 0 fully saturated rings. The summed E-state index contributed by atoms with van der Waals surface area (Å²) in [4.78, 5) is 25.5. The van der Waals surface area contributed by atoms with Crippen LogP contribution in [-0.4, -0.2) is 42.1 Å². The van der Waals surface area contributed by atoms with E-state index >= 15 is 0 Å². The molecule has 0 aliphatic rings. The van der Waals surface area contributed by atoms with E-state index in [1.807, 2.05) is 20.8 Å². The van der Waals surface area contributed by atoms with Crippen LogP contribution < -0.4 is 4.74 Å². The normalized spacial score (nSPS) is 12.9. The van der Waals surface area contributed by atoms with Crippen LogP contribution in [0.1, 0.15) is 42.2 Å². The van der Waals surface area contributed by atoms with Gasteiger partial charge in [-0.1, -0.05) is 20.8 Å². The number of nitrogens with zero attached hydrogens (tertiary/aromatic N) is 1. The average Bonchev–Trinajstić information content (AvgIpc) is 2.71. The number of carboxylic acids is 1. The predicted molar refractivity (Wildman–Crippen MR) is 78.8 cm³/mol. The van der Waals surface area contributed by atoms with Crippen LogP contribution in [0.15, 0.2) is 6.07 Å². The monoisotopic (exact) mass is 299 g/mol. The summed E-state index contributed by atoms with van der Waals surface area (Å²) in [5, 5.41) is 9.24. The first-order valence-electron chi connectivity index (χ1n) is 6.29. The standard InChI is InChI=1S/C14H21NO4S/c1-8(12(16)15(5)6)19-9-7-10(14(2,3)4)20-11(9)13(17)18/h7-8H,1-6H3,(H,17,18). The summed E-state index contributed by atoms with van der Waals surface area (Å²) in [7, 11) is 3.27. The van der Waals surface area contributed by atoms with E-state index in [1.165, 1.54) is 16.2 Å². The molecule has 0 radical (unpaired) electrons. The van der Waals surface area contributed by atoms with Crippen LogP contribution in [0.2, 0.25) is 0 Å². The highest BCUT2D eigenvalue weighted by atomic mass is 32.1. The van der Waals surface area contributed by atoms with Gasteiger partial charge in [-0.15, -0.1) is 11.3 Å². The lowest BCUT2D eigenvalue weighted by Crippen LogP contribution is -2.35. The molecule has 0 saturated carbocycles. The summed E-state index contributed by atoms with van der Waals surface area (Å²) in [5.41, 5.74) is -0.161. The zero-order valence-electron chi connectivity index (χ0n) is 12.7. The second kappa shape index (κ2) is 5.83. The zero-order chi connectivity index (χ0) is 15.7. The van der Waals surface area contributed by atoms with Crippen molar-refractivity contribution < 1.29 is 19.4 Å². The van der Waals surface area contributed by atoms with E-state index in [-0.39, 0.29) is 21.9 Å². The molecule has 1 unspecified atom stereocenters. The summed E-state index contributed by atoms with van der Waals surface area (Å²) in [6.07, 6.45) is -0.717. The Labute approximate surface area is 123 Å². The number of hydrogen-bond acceptors (Lipinski definition) is 4. The highest BCUT2D eigenvalue weighted by Gasteiger charge is 2.26. The maximum Gasteiger partial charge on any atom is 0.349 e. The van der Waals surface area contributed by atoms with Crippen LogP contribution >= 0.6 is 11.3 Å². The first-order valence-corrected chi connectivity index (χ1v) is 7.11. The molecule has 1 heterocycles. The Kier molecular flexibility index (Phi) is 4.81. The van der Waals surface area contributed by atoms with Crippen LogP contribution in [0.3, 0.4) is 0 Å². The first kappa shape index (κ1) is 16.5. The third kappa shape index (κ3) is 3.72. The maximum absolute atomic E-state index is 11.8. The number of aromatic carboxylic acids is 1. The molecule has 0 aromatic carbocycles. The van der Waals surface area contributed by atoms with E-state index < -0.39 is 12.1 Å². The van der Waals surface area contributed by atoms with Crippen molar-refractivity contribution >= 4 is 23.2 Å². The number of carboxylic acid groups (broad SMARTS) is 1. The van der Waals surface area contributed by atoms with Gasteiger partial charge in [-0.3, -0.25) is 4.79 Å². The molecule has 0 saturated heterocycles. The van der Waals surface area contributed by atoms with Crippen LogP contribution in [-0.2, 0) is 10.2 Å². The minimum absolute atomic E-state index is 0.133. The molecule has 5 nitrogen and oxygen atoms in total. The highest BCUT2D eigenvalue weighted by Crippen LogP contribution is 2.37. The second-order valence-electron chi connectivity index (χ2n) is 5.85. The quantitative estimate of drug-likeness (QED) is 0.928. The van der Waals surface area contributed by atoms with Crippen molar-refractivity contribution in [2.75, 3.05) is 14.1 Å². The van der Waals surface area contributed by atoms with E-state index in [0.29, 0.717) is 0 Å². The van der Waals surface area contributed by atoms with Gasteiger partial charge in [0.05, 0.1) is 0 Å².